The fourth-order valence-electron chi connectivity index (χ4n) is 0.517. The van der Waals surface area contributed by atoms with Crippen molar-refractivity contribution in [3.8, 4) is 0 Å². The molecule has 0 atom stereocenters. The van der Waals surface area contributed by atoms with Gasteiger partial charge in [0.25, 0.3) is 0 Å². The van der Waals surface area contributed by atoms with Gasteiger partial charge in [0.15, 0.2) is 0 Å². The Hall–Kier alpha value is -1.65. The van der Waals surface area contributed by atoms with Gasteiger partial charge in [-0.3, -0.25) is 4.79 Å². The first kappa shape index (κ1) is 6.47. The van der Waals surface area contributed by atoms with Gasteiger partial charge in [0.05, 0.1) is 0 Å². The molecule has 0 aliphatic heterocycles. The maximum absolute atomic E-state index is 9.80. The van der Waals surface area contributed by atoms with E-state index in [1.54, 1.807) is 18.5 Å². The van der Waals surface area contributed by atoms with Crippen LogP contribution >= 0.6 is 0 Å². The van der Waals surface area contributed by atoms with E-state index in [1.807, 2.05) is 0 Å². The van der Waals surface area contributed by atoms with Crippen molar-refractivity contribution in [2.45, 2.75) is 0 Å². The van der Waals surface area contributed by atoms with Gasteiger partial charge in [-0.05, 0) is 6.07 Å². The highest BCUT2D eigenvalue weighted by Gasteiger charge is 1.91. The normalized spacial score (nSPS) is 11.4. The Morgan fingerprint density at radius 1 is 1.80 bits per heavy atom. The Bertz CT molecular complexity index is 238. The van der Waals surface area contributed by atoms with Gasteiger partial charge in [0.1, 0.15) is 0 Å². The Balaban J connectivity index is 2.86. The molecule has 0 saturated heterocycles. The lowest BCUT2D eigenvalue weighted by Gasteiger charge is -1.93. The highest BCUT2D eigenvalue weighted by atomic mass is 16.1. The maximum Gasteiger partial charge on any atom is 0.236 e. The minimum Gasteiger partial charge on any atom is -0.368 e. The zero-order chi connectivity index (χ0) is 7.40. The van der Waals surface area contributed by atoms with Crippen molar-refractivity contribution in [3.63, 3.8) is 0 Å². The lowest BCUT2D eigenvalue weighted by molar-refractivity contribution is -0.106. The Morgan fingerprint density at radius 3 is 3.10 bits per heavy atom. The number of amides is 1. The SMILES string of the molecule is NC(=NC=O)n1cccn1. The topological polar surface area (TPSA) is 73.3 Å². The highest BCUT2D eigenvalue weighted by molar-refractivity contribution is 5.85. The number of aromatic nitrogens is 2. The summed E-state index contributed by atoms with van der Waals surface area (Å²) in [4.78, 5) is 13.1. The van der Waals surface area contributed by atoms with E-state index in [1.165, 1.54) is 4.68 Å². The van der Waals surface area contributed by atoms with Gasteiger partial charge in [0, 0.05) is 12.4 Å². The van der Waals surface area contributed by atoms with Gasteiger partial charge in [0.2, 0.25) is 12.4 Å². The average Bonchev–Trinajstić information content (AvgIpc) is 2.38. The summed E-state index contributed by atoms with van der Waals surface area (Å²) in [6.45, 7) is 0. The number of nitrogens with two attached hydrogens (primary N) is 1. The van der Waals surface area contributed by atoms with Crippen molar-refractivity contribution in [2.24, 2.45) is 10.7 Å². The monoisotopic (exact) mass is 138 g/mol. The van der Waals surface area contributed by atoms with E-state index in [9.17, 15) is 4.79 Å². The lowest BCUT2D eigenvalue weighted by atomic mass is 10.7. The number of carbonyl (C=O) groups excluding carboxylic acids is 1. The Kier molecular flexibility index (Phi) is 1.79. The summed E-state index contributed by atoms with van der Waals surface area (Å²) >= 11 is 0. The number of hydrogen-bond acceptors (Lipinski definition) is 2. The van der Waals surface area contributed by atoms with Crippen LogP contribution in [0.25, 0.3) is 0 Å². The van der Waals surface area contributed by atoms with Crippen molar-refractivity contribution in [1.82, 2.24) is 9.78 Å². The molecule has 0 bridgehead atoms. The largest absolute Gasteiger partial charge is 0.368 e. The molecule has 0 aromatic carbocycles. The summed E-state index contributed by atoms with van der Waals surface area (Å²) in [7, 11) is 0. The van der Waals surface area contributed by atoms with Gasteiger partial charge in [-0.25, -0.2) is 4.68 Å². The van der Waals surface area contributed by atoms with E-state index in [0.29, 0.717) is 6.41 Å². The van der Waals surface area contributed by atoms with E-state index in [2.05, 4.69) is 10.1 Å². The molecule has 1 amide bonds. The molecule has 0 unspecified atom stereocenters. The first-order valence-corrected chi connectivity index (χ1v) is 2.61. The first-order valence-electron chi connectivity index (χ1n) is 2.61. The van der Waals surface area contributed by atoms with Crippen LogP contribution in [0.15, 0.2) is 23.5 Å². The van der Waals surface area contributed by atoms with Gasteiger partial charge < -0.3 is 5.73 Å². The third-order valence-electron chi connectivity index (χ3n) is 0.924. The molecule has 0 fully saturated rings. The second-order valence-electron chi connectivity index (χ2n) is 1.54. The molecular weight excluding hydrogens is 132 g/mol. The van der Waals surface area contributed by atoms with Crippen molar-refractivity contribution in [1.29, 1.82) is 0 Å². The van der Waals surface area contributed by atoms with Crippen LogP contribution < -0.4 is 5.73 Å². The predicted molar refractivity (Wildman–Crippen MR) is 35.3 cm³/mol. The molecule has 1 heterocycles. The number of hydrogen-bond donors (Lipinski definition) is 1. The molecule has 1 aromatic heterocycles. The molecule has 0 radical (unpaired) electrons. The van der Waals surface area contributed by atoms with Crippen LogP contribution in [0.2, 0.25) is 0 Å². The summed E-state index contributed by atoms with van der Waals surface area (Å²) in [6, 6.07) is 1.69. The number of carbonyl (C=O) groups is 1. The molecule has 0 spiro atoms. The molecule has 2 N–H and O–H groups in total. The number of rotatable bonds is 1. The van der Waals surface area contributed by atoms with E-state index >= 15 is 0 Å². The summed E-state index contributed by atoms with van der Waals surface area (Å²) in [5, 5.41) is 3.74. The Labute approximate surface area is 57.2 Å². The zero-order valence-electron chi connectivity index (χ0n) is 5.14. The smallest absolute Gasteiger partial charge is 0.236 e. The highest BCUT2D eigenvalue weighted by Crippen LogP contribution is 1.80. The Morgan fingerprint density at radius 2 is 2.60 bits per heavy atom. The lowest BCUT2D eigenvalue weighted by Crippen LogP contribution is -2.22. The van der Waals surface area contributed by atoms with Crippen molar-refractivity contribution < 1.29 is 4.79 Å². The molecule has 0 aliphatic carbocycles. The van der Waals surface area contributed by atoms with Crippen LogP contribution in [0.4, 0.5) is 0 Å². The van der Waals surface area contributed by atoms with Gasteiger partial charge in [-0.1, -0.05) is 0 Å². The molecule has 5 nitrogen and oxygen atoms in total. The molecule has 0 saturated carbocycles. The van der Waals surface area contributed by atoms with Crippen molar-refractivity contribution >= 4 is 12.4 Å². The van der Waals surface area contributed by atoms with Crippen LogP contribution in [-0.4, -0.2) is 22.2 Å². The fourth-order valence-corrected chi connectivity index (χ4v) is 0.517. The van der Waals surface area contributed by atoms with Gasteiger partial charge in [-0.15, -0.1) is 0 Å². The summed E-state index contributed by atoms with van der Waals surface area (Å²) in [5.74, 6) is 0.0694. The van der Waals surface area contributed by atoms with E-state index < -0.39 is 0 Å². The average molecular weight is 138 g/mol. The molecule has 5 heteroatoms. The predicted octanol–water partition coefficient (Wildman–Crippen LogP) is -0.798. The second-order valence-corrected chi connectivity index (χ2v) is 1.54. The molecule has 52 valence electrons. The quantitative estimate of drug-likeness (QED) is 0.313. The van der Waals surface area contributed by atoms with E-state index in [0.717, 1.165) is 0 Å². The molecule has 1 aromatic rings. The molecule has 10 heavy (non-hydrogen) atoms. The standard InChI is InChI=1S/C5H6N4O/c6-5(7-4-10)9-3-1-2-8-9/h1-4H,(H2,6,7,10). The van der Waals surface area contributed by atoms with Crippen LogP contribution in [-0.2, 0) is 4.79 Å². The number of aliphatic imine (C=N–C) groups is 1. The van der Waals surface area contributed by atoms with Crippen LogP contribution in [0.1, 0.15) is 0 Å². The third-order valence-corrected chi connectivity index (χ3v) is 0.924. The van der Waals surface area contributed by atoms with Crippen LogP contribution in [0.3, 0.4) is 0 Å². The van der Waals surface area contributed by atoms with Gasteiger partial charge in [-0.2, -0.15) is 10.1 Å². The minimum atomic E-state index is 0.0694. The minimum absolute atomic E-state index is 0.0694. The molecule has 1 rings (SSSR count). The van der Waals surface area contributed by atoms with Crippen LogP contribution in [0, 0.1) is 0 Å². The van der Waals surface area contributed by atoms with E-state index in [4.69, 9.17) is 5.73 Å². The summed E-state index contributed by atoms with van der Waals surface area (Å²) in [6.07, 6.45) is 3.52. The second kappa shape index (κ2) is 2.77. The van der Waals surface area contributed by atoms with Crippen molar-refractivity contribution in [3.05, 3.63) is 18.5 Å². The summed E-state index contributed by atoms with van der Waals surface area (Å²) < 4.78 is 1.30. The fraction of sp³-hybridized carbons (Fsp3) is 0. The number of nitrogens with zero attached hydrogens (tertiary/aromatic N) is 3. The van der Waals surface area contributed by atoms with Crippen molar-refractivity contribution in [2.75, 3.05) is 0 Å². The van der Waals surface area contributed by atoms with Gasteiger partial charge >= 0.3 is 0 Å². The molecule has 0 aliphatic rings. The van der Waals surface area contributed by atoms with E-state index in [-0.39, 0.29) is 5.96 Å². The zero-order valence-corrected chi connectivity index (χ0v) is 5.14. The maximum atomic E-state index is 9.80. The third kappa shape index (κ3) is 1.19. The molecular formula is C5H6N4O. The van der Waals surface area contributed by atoms with Crippen LogP contribution in [0.5, 0.6) is 0 Å². The summed E-state index contributed by atoms with van der Waals surface area (Å²) in [5.41, 5.74) is 5.27. The first-order chi connectivity index (χ1) is 4.84.